The normalized spacial score (nSPS) is 25.2. The highest BCUT2D eigenvalue weighted by Gasteiger charge is 2.44. The number of carboxylic acids is 1. The second kappa shape index (κ2) is 7.46. The topological polar surface area (TPSA) is 66.8 Å². The van der Waals surface area contributed by atoms with Crippen molar-refractivity contribution in [2.24, 2.45) is 11.3 Å². The van der Waals surface area contributed by atoms with Gasteiger partial charge in [0.15, 0.2) is 0 Å². The molecule has 0 radical (unpaired) electrons. The van der Waals surface area contributed by atoms with Crippen molar-refractivity contribution in [2.75, 3.05) is 19.7 Å². The third-order valence-corrected chi connectivity index (χ3v) is 7.43. The minimum atomic E-state index is -0.684. The van der Waals surface area contributed by atoms with E-state index in [9.17, 15) is 14.7 Å². The molecule has 2 aromatic rings. The quantitative estimate of drug-likeness (QED) is 0.789. The lowest BCUT2D eigenvalue weighted by Gasteiger charge is -2.35. The fraction of sp³-hybridized carbons (Fsp3) is 0.440. The first-order valence-corrected chi connectivity index (χ1v) is 10.9. The van der Waals surface area contributed by atoms with Crippen LogP contribution in [0.4, 0.5) is 4.79 Å². The molecule has 156 valence electrons. The molecule has 0 bridgehead atoms. The summed E-state index contributed by atoms with van der Waals surface area (Å²) in [6.07, 6.45) is 3.91. The van der Waals surface area contributed by atoms with Gasteiger partial charge in [-0.05, 0) is 59.8 Å². The number of hydrogen-bond acceptors (Lipinski definition) is 3. The van der Waals surface area contributed by atoms with Gasteiger partial charge in [-0.1, -0.05) is 48.5 Å². The Labute approximate surface area is 176 Å². The minimum Gasteiger partial charge on any atom is -0.481 e. The SMILES string of the molecule is O=C(O)C1CCC2(CC1)CCN(C(=O)OCC1c3ccccc3-c3ccccc31)C2. The van der Waals surface area contributed by atoms with E-state index in [2.05, 4.69) is 24.3 Å². The molecular weight excluding hydrogens is 378 g/mol. The zero-order valence-electron chi connectivity index (χ0n) is 17.0. The van der Waals surface area contributed by atoms with Crippen molar-refractivity contribution in [3.8, 4) is 11.1 Å². The van der Waals surface area contributed by atoms with Gasteiger partial charge >= 0.3 is 12.1 Å². The molecule has 5 rings (SSSR count). The zero-order chi connectivity index (χ0) is 20.7. The van der Waals surface area contributed by atoms with Crippen molar-refractivity contribution < 1.29 is 19.4 Å². The van der Waals surface area contributed by atoms with Gasteiger partial charge in [-0.2, -0.15) is 0 Å². The number of rotatable bonds is 3. The molecule has 1 heterocycles. The van der Waals surface area contributed by atoms with Crippen LogP contribution in [0.25, 0.3) is 11.1 Å². The second-order valence-corrected chi connectivity index (χ2v) is 9.09. The summed E-state index contributed by atoms with van der Waals surface area (Å²) in [7, 11) is 0. The van der Waals surface area contributed by atoms with Crippen LogP contribution in [0.15, 0.2) is 48.5 Å². The predicted molar refractivity (Wildman–Crippen MR) is 113 cm³/mol. The van der Waals surface area contributed by atoms with Gasteiger partial charge in [-0.3, -0.25) is 4.79 Å². The number of carbonyl (C=O) groups excluding carboxylic acids is 1. The average molecular weight is 405 g/mol. The molecule has 2 fully saturated rings. The standard InChI is InChI=1S/C25H27NO4/c27-23(28)17-9-11-25(12-10-17)13-14-26(16-25)24(29)30-15-22-20-7-3-1-5-18(20)19-6-2-4-8-21(19)22/h1-8,17,22H,9-16H2,(H,27,28). The maximum absolute atomic E-state index is 12.8. The van der Waals surface area contributed by atoms with Gasteiger partial charge in [0.2, 0.25) is 0 Å². The summed E-state index contributed by atoms with van der Waals surface area (Å²) in [4.78, 5) is 25.9. The van der Waals surface area contributed by atoms with Crippen LogP contribution in [0.5, 0.6) is 0 Å². The Kier molecular flexibility index (Phi) is 4.76. The van der Waals surface area contributed by atoms with Crippen LogP contribution >= 0.6 is 0 Å². The van der Waals surface area contributed by atoms with E-state index in [0.717, 1.165) is 19.3 Å². The molecule has 0 atom stereocenters. The van der Waals surface area contributed by atoms with Crippen LogP contribution in [0.3, 0.4) is 0 Å². The first-order chi connectivity index (χ1) is 14.6. The summed E-state index contributed by atoms with van der Waals surface area (Å²) < 4.78 is 5.81. The minimum absolute atomic E-state index is 0.0731. The van der Waals surface area contributed by atoms with Gasteiger partial charge in [0, 0.05) is 19.0 Å². The molecule has 5 heteroatoms. The maximum atomic E-state index is 12.8. The maximum Gasteiger partial charge on any atom is 0.409 e. The highest BCUT2D eigenvalue weighted by molar-refractivity contribution is 5.79. The molecule has 1 spiro atoms. The lowest BCUT2D eigenvalue weighted by atomic mass is 9.70. The van der Waals surface area contributed by atoms with Crippen LogP contribution in [-0.2, 0) is 9.53 Å². The molecule has 0 aromatic heterocycles. The van der Waals surface area contributed by atoms with Crippen molar-refractivity contribution in [1.29, 1.82) is 0 Å². The summed E-state index contributed by atoms with van der Waals surface area (Å²) in [5, 5.41) is 9.24. The van der Waals surface area contributed by atoms with Crippen molar-refractivity contribution >= 4 is 12.1 Å². The molecule has 0 unspecified atom stereocenters. The summed E-state index contributed by atoms with van der Waals surface area (Å²) in [5.74, 6) is -0.834. The largest absolute Gasteiger partial charge is 0.481 e. The van der Waals surface area contributed by atoms with Gasteiger partial charge in [0.1, 0.15) is 6.61 Å². The number of aliphatic carboxylic acids is 1. The number of fused-ring (bicyclic) bond motifs is 3. The number of benzene rings is 2. The third-order valence-electron chi connectivity index (χ3n) is 7.43. The van der Waals surface area contributed by atoms with Crippen molar-refractivity contribution in [3.63, 3.8) is 0 Å². The third kappa shape index (κ3) is 3.26. The van der Waals surface area contributed by atoms with E-state index in [1.54, 1.807) is 0 Å². The molecule has 1 saturated heterocycles. The number of carbonyl (C=O) groups is 2. The molecule has 1 saturated carbocycles. The van der Waals surface area contributed by atoms with Gasteiger partial charge in [-0.25, -0.2) is 4.79 Å². The molecular formula is C25H27NO4. The Hall–Kier alpha value is -2.82. The molecule has 2 aromatic carbocycles. The van der Waals surface area contributed by atoms with E-state index < -0.39 is 5.97 Å². The number of ether oxygens (including phenoxy) is 1. The summed E-state index contributed by atoms with van der Waals surface area (Å²) in [6, 6.07) is 16.7. The van der Waals surface area contributed by atoms with Crippen LogP contribution in [-0.4, -0.2) is 41.8 Å². The number of likely N-dealkylation sites (tertiary alicyclic amines) is 1. The molecule has 5 nitrogen and oxygen atoms in total. The monoisotopic (exact) mass is 405 g/mol. The predicted octanol–water partition coefficient (Wildman–Crippen LogP) is 4.90. The van der Waals surface area contributed by atoms with Crippen molar-refractivity contribution in [1.82, 2.24) is 4.90 Å². The van der Waals surface area contributed by atoms with Gasteiger partial charge in [-0.15, -0.1) is 0 Å². The van der Waals surface area contributed by atoms with E-state index in [4.69, 9.17) is 4.74 Å². The molecule has 3 aliphatic rings. The Morgan fingerprint density at radius 1 is 0.967 bits per heavy atom. The Morgan fingerprint density at radius 2 is 1.57 bits per heavy atom. The highest BCUT2D eigenvalue weighted by atomic mass is 16.6. The van der Waals surface area contributed by atoms with E-state index in [0.29, 0.717) is 32.5 Å². The number of amides is 1. The van der Waals surface area contributed by atoms with Crippen molar-refractivity contribution in [3.05, 3.63) is 59.7 Å². The summed E-state index contributed by atoms with van der Waals surface area (Å²) in [5.41, 5.74) is 4.97. The van der Waals surface area contributed by atoms with E-state index in [1.807, 2.05) is 29.2 Å². The van der Waals surface area contributed by atoms with Crippen LogP contribution in [0.1, 0.15) is 49.1 Å². The first-order valence-electron chi connectivity index (χ1n) is 10.9. The van der Waals surface area contributed by atoms with E-state index in [-0.39, 0.29) is 23.3 Å². The molecule has 1 aliphatic heterocycles. The molecule has 2 aliphatic carbocycles. The Bertz CT molecular complexity index is 931. The van der Waals surface area contributed by atoms with Crippen LogP contribution < -0.4 is 0 Å². The van der Waals surface area contributed by atoms with Gasteiger partial charge in [0.05, 0.1) is 5.92 Å². The molecule has 1 N–H and O–H groups in total. The van der Waals surface area contributed by atoms with Crippen LogP contribution in [0, 0.1) is 11.3 Å². The zero-order valence-corrected chi connectivity index (χ0v) is 17.0. The molecule has 1 amide bonds. The van der Waals surface area contributed by atoms with Crippen LogP contribution in [0.2, 0.25) is 0 Å². The Morgan fingerprint density at radius 3 is 2.17 bits per heavy atom. The van der Waals surface area contributed by atoms with Gasteiger partial charge < -0.3 is 14.7 Å². The Balaban J connectivity index is 1.23. The average Bonchev–Trinajstić information content (AvgIpc) is 3.32. The van der Waals surface area contributed by atoms with E-state index >= 15 is 0 Å². The van der Waals surface area contributed by atoms with Gasteiger partial charge in [0.25, 0.3) is 0 Å². The highest BCUT2D eigenvalue weighted by Crippen LogP contribution is 2.47. The molecule has 30 heavy (non-hydrogen) atoms. The first kappa shape index (κ1) is 19.2. The van der Waals surface area contributed by atoms with Crippen molar-refractivity contribution in [2.45, 2.75) is 38.0 Å². The lowest BCUT2D eigenvalue weighted by molar-refractivity contribution is -0.143. The number of carboxylic acid groups (broad SMARTS) is 1. The fourth-order valence-electron chi connectivity index (χ4n) is 5.66. The number of hydrogen-bond donors (Lipinski definition) is 1. The summed E-state index contributed by atoms with van der Waals surface area (Å²) in [6.45, 7) is 1.74. The summed E-state index contributed by atoms with van der Waals surface area (Å²) >= 11 is 0. The second-order valence-electron chi connectivity index (χ2n) is 9.09. The smallest absolute Gasteiger partial charge is 0.409 e. The lowest BCUT2D eigenvalue weighted by Crippen LogP contribution is -2.36. The fourth-order valence-corrected chi connectivity index (χ4v) is 5.66. The number of nitrogens with zero attached hydrogens (tertiary/aromatic N) is 1. The van der Waals surface area contributed by atoms with E-state index in [1.165, 1.54) is 22.3 Å².